The van der Waals surface area contributed by atoms with Gasteiger partial charge in [0.1, 0.15) is 12.8 Å². The average molecular weight is 526 g/mol. The van der Waals surface area contributed by atoms with Crippen LogP contribution in [0.15, 0.2) is 40.9 Å². The van der Waals surface area contributed by atoms with Crippen molar-refractivity contribution in [3.8, 4) is 0 Å². The molecular formula is C26H28BrN3O4. The first-order valence-electron chi connectivity index (χ1n) is 11.5. The summed E-state index contributed by atoms with van der Waals surface area (Å²) in [7, 11) is 1.71. The molecule has 2 aromatic rings. The van der Waals surface area contributed by atoms with E-state index in [-0.39, 0.29) is 30.8 Å². The fraction of sp³-hybridized carbons (Fsp3) is 0.385. The van der Waals surface area contributed by atoms with E-state index >= 15 is 0 Å². The second-order valence-corrected chi connectivity index (χ2v) is 9.81. The van der Waals surface area contributed by atoms with Crippen LogP contribution < -0.4 is 0 Å². The van der Waals surface area contributed by atoms with E-state index in [2.05, 4.69) is 15.9 Å². The largest absolute Gasteiger partial charge is 0.340 e. The van der Waals surface area contributed by atoms with Crippen LogP contribution in [0, 0.1) is 0 Å². The summed E-state index contributed by atoms with van der Waals surface area (Å²) >= 11 is 3.43. The number of nitrogens with zero attached hydrogens (tertiary/aromatic N) is 3. The molecule has 2 aromatic carbocycles. The molecule has 2 heterocycles. The quantitative estimate of drug-likeness (QED) is 0.543. The summed E-state index contributed by atoms with van der Waals surface area (Å²) in [6.45, 7) is 1.52. The van der Waals surface area contributed by atoms with E-state index in [0.717, 1.165) is 53.1 Å². The van der Waals surface area contributed by atoms with Gasteiger partial charge in [-0.2, -0.15) is 0 Å². The fourth-order valence-corrected chi connectivity index (χ4v) is 4.99. The maximum atomic E-state index is 13.1. The molecule has 0 saturated carbocycles. The first-order valence-corrected chi connectivity index (χ1v) is 12.3. The van der Waals surface area contributed by atoms with Gasteiger partial charge in [0.2, 0.25) is 5.91 Å². The average Bonchev–Trinajstić information content (AvgIpc) is 3.07. The maximum Gasteiger partial charge on any atom is 0.254 e. The highest BCUT2D eigenvalue weighted by molar-refractivity contribution is 9.10. The number of hydrogen-bond donors (Lipinski definition) is 0. The van der Waals surface area contributed by atoms with Crippen molar-refractivity contribution in [2.45, 2.75) is 32.2 Å². The molecule has 3 amide bonds. The molecule has 0 unspecified atom stereocenters. The van der Waals surface area contributed by atoms with Crippen molar-refractivity contribution in [2.24, 2.45) is 0 Å². The third kappa shape index (κ3) is 5.22. The minimum absolute atomic E-state index is 0.0122. The Balaban J connectivity index is 1.45. The molecule has 0 N–H and O–H groups in total. The van der Waals surface area contributed by atoms with E-state index in [1.54, 1.807) is 21.7 Å². The van der Waals surface area contributed by atoms with Gasteiger partial charge in [-0.1, -0.05) is 34.1 Å². The molecule has 2 aliphatic rings. The number of likely N-dealkylation sites (N-methyl/N-ethyl adjacent to an activating group) is 1. The summed E-state index contributed by atoms with van der Waals surface area (Å²) in [5.74, 6) is -0.424. The van der Waals surface area contributed by atoms with Crippen molar-refractivity contribution in [3.05, 3.63) is 68.7 Å². The van der Waals surface area contributed by atoms with E-state index in [1.807, 2.05) is 36.4 Å². The standard InChI is InChI=1S/C26H28BrN3O4/c1-28(16-18-6-7-19-4-2-10-29(12-13-31)25(33)22(19)14-18)24(32)17-30-11-3-5-20-8-9-21(27)15-23(20)26(30)34/h6-9,13-15H,2-5,10-12,16-17H2,1H3. The Bertz CT molecular complexity index is 1130. The normalized spacial score (nSPS) is 15.8. The first-order chi connectivity index (χ1) is 16.4. The van der Waals surface area contributed by atoms with Crippen LogP contribution in [0.25, 0.3) is 0 Å². The van der Waals surface area contributed by atoms with Crippen molar-refractivity contribution in [2.75, 3.05) is 33.2 Å². The first kappa shape index (κ1) is 24.1. The monoisotopic (exact) mass is 525 g/mol. The molecule has 0 spiro atoms. The Hall–Kier alpha value is -3.00. The Morgan fingerprint density at radius 1 is 0.971 bits per heavy atom. The van der Waals surface area contributed by atoms with Crippen LogP contribution in [0.3, 0.4) is 0 Å². The zero-order valence-electron chi connectivity index (χ0n) is 19.3. The molecule has 7 nitrogen and oxygen atoms in total. The van der Waals surface area contributed by atoms with Crippen LogP contribution in [0.5, 0.6) is 0 Å². The molecule has 8 heteroatoms. The minimum atomic E-state index is -0.157. The lowest BCUT2D eigenvalue weighted by Gasteiger charge is -2.25. The predicted octanol–water partition coefficient (Wildman–Crippen LogP) is 3.08. The van der Waals surface area contributed by atoms with Crippen molar-refractivity contribution in [1.29, 1.82) is 0 Å². The molecule has 178 valence electrons. The lowest BCUT2D eigenvalue weighted by molar-refractivity contribution is -0.131. The second kappa shape index (κ2) is 10.5. The number of benzene rings is 2. The number of carbonyl (C=O) groups is 4. The van der Waals surface area contributed by atoms with Crippen molar-refractivity contribution >= 4 is 39.9 Å². The van der Waals surface area contributed by atoms with Gasteiger partial charge in [-0.3, -0.25) is 14.4 Å². The number of halogens is 1. The van der Waals surface area contributed by atoms with Crippen LogP contribution in [0.2, 0.25) is 0 Å². The van der Waals surface area contributed by atoms with Crippen molar-refractivity contribution < 1.29 is 19.2 Å². The number of carbonyl (C=O) groups excluding carboxylic acids is 4. The summed E-state index contributed by atoms with van der Waals surface area (Å²) < 4.78 is 0.842. The zero-order chi connectivity index (χ0) is 24.2. The number of rotatable bonds is 6. The Labute approximate surface area is 207 Å². The number of hydrogen-bond acceptors (Lipinski definition) is 4. The summed E-state index contributed by atoms with van der Waals surface area (Å²) in [4.78, 5) is 54.7. The highest BCUT2D eigenvalue weighted by Gasteiger charge is 2.26. The fourth-order valence-electron chi connectivity index (χ4n) is 4.63. The van der Waals surface area contributed by atoms with E-state index < -0.39 is 0 Å². The molecule has 0 bridgehead atoms. The van der Waals surface area contributed by atoms with E-state index in [9.17, 15) is 19.2 Å². The van der Waals surface area contributed by atoms with E-state index in [0.29, 0.717) is 30.8 Å². The van der Waals surface area contributed by atoms with Gasteiger partial charge in [0.05, 0.1) is 6.54 Å². The van der Waals surface area contributed by atoms with Crippen LogP contribution in [0.4, 0.5) is 0 Å². The molecular weight excluding hydrogens is 498 g/mol. The number of aryl methyl sites for hydroxylation is 2. The van der Waals surface area contributed by atoms with Crippen LogP contribution in [-0.2, 0) is 29.0 Å². The van der Waals surface area contributed by atoms with Gasteiger partial charge in [0.15, 0.2) is 0 Å². The molecule has 0 aromatic heterocycles. The van der Waals surface area contributed by atoms with E-state index in [1.165, 1.54) is 0 Å². The Kier molecular flexibility index (Phi) is 7.46. The van der Waals surface area contributed by atoms with E-state index in [4.69, 9.17) is 0 Å². The lowest BCUT2D eigenvalue weighted by Crippen LogP contribution is -2.41. The third-order valence-electron chi connectivity index (χ3n) is 6.50. The summed E-state index contributed by atoms with van der Waals surface area (Å²) in [5, 5.41) is 0. The van der Waals surface area contributed by atoms with Crippen LogP contribution in [0.1, 0.15) is 50.2 Å². The highest BCUT2D eigenvalue weighted by Crippen LogP contribution is 2.24. The van der Waals surface area contributed by atoms with Gasteiger partial charge in [0.25, 0.3) is 11.8 Å². The number of aldehydes is 1. The Morgan fingerprint density at radius 2 is 1.59 bits per heavy atom. The van der Waals surface area contributed by atoms with Crippen molar-refractivity contribution in [1.82, 2.24) is 14.7 Å². The van der Waals surface area contributed by atoms with Gasteiger partial charge in [0, 0.05) is 42.3 Å². The number of amides is 3. The summed E-state index contributed by atoms with van der Waals surface area (Å²) in [6.07, 6.45) is 3.95. The summed E-state index contributed by atoms with van der Waals surface area (Å²) in [5.41, 5.74) is 4.06. The third-order valence-corrected chi connectivity index (χ3v) is 6.99. The number of fused-ring (bicyclic) bond motifs is 2. The second-order valence-electron chi connectivity index (χ2n) is 8.89. The van der Waals surface area contributed by atoms with Gasteiger partial charge >= 0.3 is 0 Å². The molecule has 0 aliphatic carbocycles. The van der Waals surface area contributed by atoms with Gasteiger partial charge in [-0.25, -0.2) is 0 Å². The molecule has 2 aliphatic heterocycles. The molecule has 0 fully saturated rings. The van der Waals surface area contributed by atoms with Gasteiger partial charge < -0.3 is 19.5 Å². The van der Waals surface area contributed by atoms with Crippen molar-refractivity contribution in [3.63, 3.8) is 0 Å². The molecule has 0 atom stereocenters. The highest BCUT2D eigenvalue weighted by atomic mass is 79.9. The molecule has 0 radical (unpaired) electrons. The molecule has 0 saturated heterocycles. The van der Waals surface area contributed by atoms with Crippen LogP contribution in [-0.4, -0.2) is 71.9 Å². The predicted molar refractivity (Wildman–Crippen MR) is 132 cm³/mol. The van der Waals surface area contributed by atoms with Gasteiger partial charge in [-0.15, -0.1) is 0 Å². The zero-order valence-corrected chi connectivity index (χ0v) is 20.8. The van der Waals surface area contributed by atoms with Crippen LogP contribution >= 0.6 is 15.9 Å². The topological polar surface area (TPSA) is 78.0 Å². The SMILES string of the molecule is CN(Cc1ccc2c(c1)C(=O)N(CC=O)CCC2)C(=O)CN1CCCc2ccc(Br)cc2C1=O. The lowest BCUT2D eigenvalue weighted by atomic mass is 10.0. The smallest absolute Gasteiger partial charge is 0.254 e. The molecule has 34 heavy (non-hydrogen) atoms. The maximum absolute atomic E-state index is 13.1. The molecule has 4 rings (SSSR count). The minimum Gasteiger partial charge on any atom is -0.340 e. The summed E-state index contributed by atoms with van der Waals surface area (Å²) in [6, 6.07) is 11.4. The van der Waals surface area contributed by atoms with Gasteiger partial charge in [-0.05, 0) is 60.6 Å². The Morgan fingerprint density at radius 3 is 2.29 bits per heavy atom.